The van der Waals surface area contributed by atoms with E-state index in [1.54, 1.807) is 0 Å². The van der Waals surface area contributed by atoms with Crippen LogP contribution in [0.15, 0.2) is 15.9 Å². The van der Waals surface area contributed by atoms with Crippen LogP contribution < -0.4 is 5.32 Å². The summed E-state index contributed by atoms with van der Waals surface area (Å²) in [5, 5.41) is 5.81. The van der Waals surface area contributed by atoms with E-state index in [1.165, 1.54) is 15.8 Å². The van der Waals surface area contributed by atoms with Crippen LogP contribution >= 0.6 is 27.3 Å². The lowest BCUT2D eigenvalue weighted by atomic mass is 10.0. The zero-order valence-electron chi connectivity index (χ0n) is 11.3. The minimum Gasteiger partial charge on any atom is -0.311 e. The van der Waals surface area contributed by atoms with Crippen LogP contribution in [-0.2, 0) is 0 Å². The largest absolute Gasteiger partial charge is 0.311 e. The molecule has 5 heteroatoms. The molecule has 2 rings (SSSR count). The van der Waals surface area contributed by atoms with E-state index in [-0.39, 0.29) is 0 Å². The number of nitrogens with zero attached hydrogens (tertiary/aromatic N) is 2. The predicted molar refractivity (Wildman–Crippen MR) is 82.4 cm³/mol. The first-order valence-corrected chi connectivity index (χ1v) is 8.06. The van der Waals surface area contributed by atoms with Crippen LogP contribution in [0, 0.1) is 0 Å². The van der Waals surface area contributed by atoms with Gasteiger partial charge in [-0.05, 0) is 49.6 Å². The lowest BCUT2D eigenvalue weighted by Crippen LogP contribution is -2.50. The zero-order valence-corrected chi connectivity index (χ0v) is 13.7. The molecule has 0 aliphatic carbocycles. The van der Waals surface area contributed by atoms with Crippen molar-refractivity contribution in [3.8, 4) is 0 Å². The highest BCUT2D eigenvalue weighted by Gasteiger charge is 2.24. The highest BCUT2D eigenvalue weighted by Crippen LogP contribution is 2.31. The van der Waals surface area contributed by atoms with Gasteiger partial charge in [-0.1, -0.05) is 0 Å². The maximum Gasteiger partial charge on any atom is 0.0451 e. The highest BCUT2D eigenvalue weighted by molar-refractivity contribution is 9.10. The summed E-state index contributed by atoms with van der Waals surface area (Å²) in [5.41, 5.74) is 0. The fraction of sp³-hybridized carbons (Fsp3) is 0.692. The maximum atomic E-state index is 3.64. The summed E-state index contributed by atoms with van der Waals surface area (Å²) < 4.78 is 1.20. The molecule has 3 nitrogen and oxygen atoms in total. The first-order chi connectivity index (χ1) is 8.56. The van der Waals surface area contributed by atoms with Crippen molar-refractivity contribution in [3.05, 3.63) is 20.8 Å². The number of nitrogens with one attached hydrogen (secondary N) is 1. The van der Waals surface area contributed by atoms with Gasteiger partial charge in [-0.25, -0.2) is 0 Å². The summed E-state index contributed by atoms with van der Waals surface area (Å²) in [4.78, 5) is 6.19. The Hall–Kier alpha value is 0.0600. The first kappa shape index (κ1) is 14.5. The molecular weight excluding hydrogens is 310 g/mol. The molecule has 1 N–H and O–H groups in total. The van der Waals surface area contributed by atoms with E-state index in [4.69, 9.17) is 0 Å². The van der Waals surface area contributed by atoms with Crippen molar-refractivity contribution < 1.29 is 0 Å². The average Bonchev–Trinajstić information content (AvgIpc) is 2.72. The smallest absolute Gasteiger partial charge is 0.0451 e. The summed E-state index contributed by atoms with van der Waals surface area (Å²) in [5.74, 6) is 0. The minimum atomic E-state index is 0.505. The molecule has 1 aromatic heterocycles. The molecule has 2 heterocycles. The van der Waals surface area contributed by atoms with E-state index in [0.717, 1.165) is 19.6 Å². The molecule has 1 aliphatic rings. The molecule has 2 unspecified atom stereocenters. The second-order valence-electron chi connectivity index (χ2n) is 5.30. The molecule has 0 amide bonds. The quantitative estimate of drug-likeness (QED) is 0.914. The Balaban J connectivity index is 2.02. The van der Waals surface area contributed by atoms with Crippen molar-refractivity contribution in [2.24, 2.45) is 0 Å². The number of hydrogen-bond acceptors (Lipinski definition) is 4. The van der Waals surface area contributed by atoms with Crippen molar-refractivity contribution >= 4 is 27.3 Å². The molecule has 0 bridgehead atoms. The highest BCUT2D eigenvalue weighted by atomic mass is 79.9. The molecule has 1 aliphatic heterocycles. The van der Waals surface area contributed by atoms with Crippen LogP contribution in [0.5, 0.6) is 0 Å². The lowest BCUT2D eigenvalue weighted by molar-refractivity contribution is 0.191. The fourth-order valence-electron chi connectivity index (χ4n) is 2.50. The number of rotatable bonds is 4. The van der Waals surface area contributed by atoms with Crippen LogP contribution in [0.1, 0.15) is 17.3 Å². The fourth-order valence-corrected chi connectivity index (χ4v) is 4.16. The van der Waals surface area contributed by atoms with E-state index >= 15 is 0 Å². The topological polar surface area (TPSA) is 18.5 Å². The lowest BCUT2D eigenvalue weighted by Gasteiger charge is -2.34. The van der Waals surface area contributed by atoms with E-state index in [2.05, 4.69) is 63.6 Å². The molecule has 1 saturated heterocycles. The minimum absolute atomic E-state index is 0.505. The molecule has 0 spiro atoms. The molecule has 0 aromatic carbocycles. The van der Waals surface area contributed by atoms with Crippen LogP contribution in [0.2, 0.25) is 0 Å². The third-order valence-corrected chi connectivity index (χ3v) is 5.30. The Morgan fingerprint density at radius 1 is 1.61 bits per heavy atom. The molecule has 18 heavy (non-hydrogen) atoms. The van der Waals surface area contributed by atoms with Crippen molar-refractivity contribution in [1.82, 2.24) is 15.1 Å². The third-order valence-electron chi connectivity index (χ3n) is 3.51. The summed E-state index contributed by atoms with van der Waals surface area (Å²) in [6, 6.07) is 3.35. The van der Waals surface area contributed by atoms with E-state index < -0.39 is 0 Å². The van der Waals surface area contributed by atoms with Crippen molar-refractivity contribution in [2.75, 3.05) is 40.8 Å². The van der Waals surface area contributed by atoms with Gasteiger partial charge in [0.15, 0.2) is 0 Å². The summed E-state index contributed by atoms with van der Waals surface area (Å²) in [6.45, 7) is 3.42. The number of piperazine rings is 1. The van der Waals surface area contributed by atoms with Crippen molar-refractivity contribution in [2.45, 2.75) is 18.5 Å². The SMILES string of the molecule is CN1CCNC(CC(c2cc(Br)cs2)N(C)C)C1. The number of halogens is 1. The third kappa shape index (κ3) is 3.78. The molecule has 1 aromatic rings. The van der Waals surface area contributed by atoms with Gasteiger partial charge in [0.2, 0.25) is 0 Å². The van der Waals surface area contributed by atoms with Gasteiger partial charge < -0.3 is 15.1 Å². The first-order valence-electron chi connectivity index (χ1n) is 6.38. The van der Waals surface area contributed by atoms with Gasteiger partial charge in [-0.15, -0.1) is 11.3 Å². The van der Waals surface area contributed by atoms with Gasteiger partial charge in [-0.3, -0.25) is 0 Å². The van der Waals surface area contributed by atoms with Gasteiger partial charge in [0.05, 0.1) is 0 Å². The van der Waals surface area contributed by atoms with Crippen LogP contribution in [0.3, 0.4) is 0 Å². The molecule has 2 atom stereocenters. The number of likely N-dealkylation sites (N-methyl/N-ethyl adjacent to an activating group) is 1. The van der Waals surface area contributed by atoms with Crippen LogP contribution in [0.4, 0.5) is 0 Å². The molecule has 0 radical (unpaired) electrons. The van der Waals surface area contributed by atoms with Crippen molar-refractivity contribution in [1.29, 1.82) is 0 Å². The van der Waals surface area contributed by atoms with Gasteiger partial charge in [0.25, 0.3) is 0 Å². The second kappa shape index (κ2) is 6.48. The Morgan fingerprint density at radius 3 is 2.94 bits per heavy atom. The zero-order chi connectivity index (χ0) is 13.1. The Labute approximate surface area is 122 Å². The molecule has 0 saturated carbocycles. The predicted octanol–water partition coefficient (Wildman–Crippen LogP) is 2.41. The van der Waals surface area contributed by atoms with Crippen molar-refractivity contribution in [3.63, 3.8) is 0 Å². The van der Waals surface area contributed by atoms with Gasteiger partial charge in [-0.2, -0.15) is 0 Å². The summed E-state index contributed by atoms with van der Waals surface area (Å²) in [6.07, 6.45) is 1.17. The van der Waals surface area contributed by atoms with E-state index in [1.807, 2.05) is 11.3 Å². The van der Waals surface area contributed by atoms with E-state index in [9.17, 15) is 0 Å². The number of hydrogen-bond donors (Lipinski definition) is 1. The van der Waals surface area contributed by atoms with Gasteiger partial charge >= 0.3 is 0 Å². The van der Waals surface area contributed by atoms with Crippen LogP contribution in [-0.4, -0.2) is 56.6 Å². The maximum absolute atomic E-state index is 3.64. The van der Waals surface area contributed by atoms with Gasteiger partial charge in [0, 0.05) is 46.4 Å². The van der Waals surface area contributed by atoms with E-state index in [0.29, 0.717) is 12.1 Å². The summed E-state index contributed by atoms with van der Waals surface area (Å²) >= 11 is 5.40. The summed E-state index contributed by atoms with van der Waals surface area (Å²) in [7, 11) is 6.55. The number of thiophene rings is 1. The Morgan fingerprint density at radius 2 is 2.39 bits per heavy atom. The standard InChI is InChI=1S/C13H22BrN3S/c1-16(2)12(13-6-10(14)9-18-13)7-11-8-17(3)5-4-15-11/h6,9,11-12,15H,4-5,7-8H2,1-3H3. The Kier molecular flexibility index (Phi) is 5.21. The monoisotopic (exact) mass is 331 g/mol. The van der Waals surface area contributed by atoms with Gasteiger partial charge in [0.1, 0.15) is 0 Å². The van der Waals surface area contributed by atoms with Crippen LogP contribution in [0.25, 0.3) is 0 Å². The average molecular weight is 332 g/mol. The second-order valence-corrected chi connectivity index (χ2v) is 7.15. The Bertz CT molecular complexity index is 380. The molecule has 102 valence electrons. The normalized spacial score (nSPS) is 23.5. The molecular formula is C13H22BrN3S. The molecule has 1 fully saturated rings.